The third kappa shape index (κ3) is 7.05. The van der Waals surface area contributed by atoms with Gasteiger partial charge in [0.2, 0.25) is 0 Å². The normalized spacial score (nSPS) is 13.9. The molecule has 0 aliphatic heterocycles. The number of rotatable bonds is 7. The van der Waals surface area contributed by atoms with Gasteiger partial charge in [-0.15, -0.1) is 0 Å². The van der Waals surface area contributed by atoms with E-state index in [-0.39, 0.29) is 24.1 Å². The second-order valence-electron chi connectivity index (χ2n) is 3.88. The summed E-state index contributed by atoms with van der Waals surface area (Å²) in [7, 11) is 0. The second kappa shape index (κ2) is 7.92. The summed E-state index contributed by atoms with van der Waals surface area (Å²) >= 11 is 0. The summed E-state index contributed by atoms with van der Waals surface area (Å²) in [5.41, 5.74) is 14.2. The lowest BCUT2D eigenvalue weighted by atomic mass is 10.1. The van der Waals surface area contributed by atoms with E-state index in [2.05, 4.69) is 10.7 Å². The predicted octanol–water partition coefficient (Wildman–Crippen LogP) is -2.93. The SMILES string of the molecule is CCC(C)OC(=O)C([NH3+])CCC[NH+]=C(N)N. The van der Waals surface area contributed by atoms with Gasteiger partial charge in [-0.1, -0.05) is 6.92 Å². The lowest BCUT2D eigenvalue weighted by Gasteiger charge is -2.12. The van der Waals surface area contributed by atoms with Crippen molar-refractivity contribution in [1.29, 1.82) is 0 Å². The molecular formula is C10H24N4O2+2. The molecule has 0 aromatic carbocycles. The first-order valence-electron chi connectivity index (χ1n) is 5.62. The molecule has 0 fully saturated rings. The number of carbonyl (C=O) groups is 1. The van der Waals surface area contributed by atoms with Crippen LogP contribution in [0.3, 0.4) is 0 Å². The van der Waals surface area contributed by atoms with Crippen molar-refractivity contribution in [3.8, 4) is 0 Å². The average Bonchev–Trinajstić information content (AvgIpc) is 2.23. The van der Waals surface area contributed by atoms with E-state index in [1.54, 1.807) is 0 Å². The molecule has 0 aromatic heterocycles. The minimum absolute atomic E-state index is 0.0390. The molecule has 0 heterocycles. The third-order valence-electron chi connectivity index (χ3n) is 2.28. The molecule has 16 heavy (non-hydrogen) atoms. The Labute approximate surface area is 96.2 Å². The quantitative estimate of drug-likeness (QED) is 0.162. The number of esters is 1. The average molecular weight is 232 g/mol. The molecule has 0 saturated carbocycles. The largest absolute Gasteiger partial charge is 0.458 e. The van der Waals surface area contributed by atoms with Crippen molar-refractivity contribution in [3.63, 3.8) is 0 Å². The first-order valence-corrected chi connectivity index (χ1v) is 5.62. The highest BCUT2D eigenvalue weighted by atomic mass is 16.5. The molecule has 6 nitrogen and oxygen atoms in total. The summed E-state index contributed by atoms with van der Waals surface area (Å²) in [6.07, 6.45) is 2.22. The molecular weight excluding hydrogens is 208 g/mol. The minimum atomic E-state index is -0.324. The summed E-state index contributed by atoms with van der Waals surface area (Å²) in [6, 6.07) is -0.324. The van der Waals surface area contributed by atoms with Gasteiger partial charge in [-0.2, -0.15) is 0 Å². The molecule has 0 aromatic rings. The van der Waals surface area contributed by atoms with E-state index < -0.39 is 0 Å². The van der Waals surface area contributed by atoms with Gasteiger partial charge in [0.15, 0.2) is 6.04 Å². The van der Waals surface area contributed by atoms with Gasteiger partial charge in [0.05, 0.1) is 12.6 Å². The number of nitrogens with two attached hydrogens (primary N) is 2. The topological polar surface area (TPSA) is 120 Å². The monoisotopic (exact) mass is 232 g/mol. The van der Waals surface area contributed by atoms with Gasteiger partial charge in [0, 0.05) is 6.42 Å². The number of guanidine groups is 1. The Morgan fingerprint density at radius 1 is 1.50 bits per heavy atom. The molecule has 2 unspecified atom stereocenters. The van der Waals surface area contributed by atoms with E-state index >= 15 is 0 Å². The summed E-state index contributed by atoms with van der Waals surface area (Å²) in [5, 5.41) is 0. The van der Waals surface area contributed by atoms with Crippen LogP contribution in [-0.4, -0.2) is 30.6 Å². The molecule has 0 rings (SSSR count). The van der Waals surface area contributed by atoms with Crippen LogP contribution in [0.25, 0.3) is 0 Å². The molecule has 0 spiro atoms. The first kappa shape index (κ1) is 14.7. The summed E-state index contributed by atoms with van der Waals surface area (Å²) in [6.45, 7) is 4.49. The maximum absolute atomic E-state index is 11.5. The molecule has 6 heteroatoms. The number of ether oxygens (including phenoxy) is 1. The summed E-state index contributed by atoms with van der Waals surface area (Å²) < 4.78 is 5.16. The Morgan fingerprint density at radius 3 is 2.62 bits per heavy atom. The number of carbonyl (C=O) groups excluding carboxylic acids is 1. The molecule has 0 amide bonds. The van der Waals surface area contributed by atoms with Crippen molar-refractivity contribution in [2.45, 2.75) is 45.3 Å². The fraction of sp³-hybridized carbons (Fsp3) is 0.800. The van der Waals surface area contributed by atoms with Crippen LogP contribution in [0.2, 0.25) is 0 Å². The van der Waals surface area contributed by atoms with Gasteiger partial charge >= 0.3 is 11.9 Å². The molecule has 0 aliphatic rings. The van der Waals surface area contributed by atoms with E-state index in [1.165, 1.54) is 0 Å². The number of nitrogens with one attached hydrogen (secondary N) is 1. The molecule has 8 N–H and O–H groups in total. The van der Waals surface area contributed by atoms with Crippen molar-refractivity contribution >= 4 is 11.9 Å². The molecule has 0 radical (unpaired) electrons. The second-order valence-corrected chi connectivity index (χ2v) is 3.88. The fourth-order valence-corrected chi connectivity index (χ4v) is 1.08. The highest BCUT2D eigenvalue weighted by Gasteiger charge is 2.20. The van der Waals surface area contributed by atoms with E-state index in [1.807, 2.05) is 13.8 Å². The Balaban J connectivity index is 3.75. The van der Waals surface area contributed by atoms with Crippen molar-refractivity contribution in [2.75, 3.05) is 6.54 Å². The van der Waals surface area contributed by atoms with Crippen LogP contribution in [0, 0.1) is 0 Å². The molecule has 0 bridgehead atoms. The standard InChI is InChI=1S/C10H22N4O2/c1-3-7(2)16-9(15)8(11)5-4-6-14-10(12)13/h7-8H,3-6,11H2,1-2H3,(H4,12,13,14)/p+2. The summed E-state index contributed by atoms with van der Waals surface area (Å²) in [5.74, 6) is -0.0400. The highest BCUT2D eigenvalue weighted by molar-refractivity contribution is 5.74. The van der Waals surface area contributed by atoms with Gasteiger partial charge in [-0.25, -0.2) is 4.79 Å². The lowest BCUT2D eigenvalue weighted by Crippen LogP contribution is -2.78. The van der Waals surface area contributed by atoms with Crippen LogP contribution in [0.1, 0.15) is 33.1 Å². The Morgan fingerprint density at radius 2 is 2.12 bits per heavy atom. The van der Waals surface area contributed by atoms with Gasteiger partial charge in [0.25, 0.3) is 0 Å². The number of hydrogen-bond donors (Lipinski definition) is 4. The van der Waals surface area contributed by atoms with Crippen molar-refractivity contribution < 1.29 is 20.3 Å². The van der Waals surface area contributed by atoms with E-state index in [9.17, 15) is 4.79 Å². The third-order valence-corrected chi connectivity index (χ3v) is 2.28. The molecule has 2 atom stereocenters. The van der Waals surface area contributed by atoms with Crippen LogP contribution >= 0.6 is 0 Å². The first-order chi connectivity index (χ1) is 7.47. The van der Waals surface area contributed by atoms with Gasteiger partial charge < -0.3 is 10.5 Å². The summed E-state index contributed by atoms with van der Waals surface area (Å²) in [4.78, 5) is 14.3. The van der Waals surface area contributed by atoms with Gasteiger partial charge in [-0.3, -0.25) is 16.5 Å². The van der Waals surface area contributed by atoms with Crippen LogP contribution in [0.4, 0.5) is 0 Å². The number of hydrogen-bond acceptors (Lipinski definition) is 2. The minimum Gasteiger partial charge on any atom is -0.458 e. The zero-order valence-corrected chi connectivity index (χ0v) is 10.2. The lowest BCUT2D eigenvalue weighted by molar-refractivity contribution is -0.463. The predicted molar refractivity (Wildman–Crippen MR) is 61.0 cm³/mol. The van der Waals surface area contributed by atoms with Crippen molar-refractivity contribution in [2.24, 2.45) is 11.5 Å². The zero-order valence-electron chi connectivity index (χ0n) is 10.2. The van der Waals surface area contributed by atoms with Crippen molar-refractivity contribution in [1.82, 2.24) is 0 Å². The molecule has 94 valence electrons. The Bertz CT molecular complexity index is 239. The van der Waals surface area contributed by atoms with E-state index in [0.29, 0.717) is 13.0 Å². The van der Waals surface area contributed by atoms with E-state index in [4.69, 9.17) is 16.2 Å². The zero-order chi connectivity index (χ0) is 12.6. The van der Waals surface area contributed by atoms with E-state index in [0.717, 1.165) is 12.8 Å². The van der Waals surface area contributed by atoms with Crippen LogP contribution < -0.4 is 22.2 Å². The Kier molecular flexibility index (Phi) is 7.28. The maximum atomic E-state index is 11.5. The maximum Gasteiger partial charge on any atom is 0.365 e. The van der Waals surface area contributed by atoms with Crippen LogP contribution in [0.15, 0.2) is 0 Å². The molecule has 0 saturated heterocycles. The number of quaternary nitrogens is 1. The smallest absolute Gasteiger partial charge is 0.365 e. The van der Waals surface area contributed by atoms with Gasteiger partial charge in [-0.05, 0) is 19.8 Å². The highest BCUT2D eigenvalue weighted by Crippen LogP contribution is 2.00. The van der Waals surface area contributed by atoms with Crippen LogP contribution in [-0.2, 0) is 9.53 Å². The fourth-order valence-electron chi connectivity index (χ4n) is 1.08. The molecule has 0 aliphatic carbocycles. The Hall–Kier alpha value is -1.30. The van der Waals surface area contributed by atoms with Gasteiger partial charge in [0.1, 0.15) is 0 Å². The van der Waals surface area contributed by atoms with Crippen LogP contribution in [0.5, 0.6) is 0 Å². The van der Waals surface area contributed by atoms with Crippen molar-refractivity contribution in [3.05, 3.63) is 0 Å².